The molecule has 43 heavy (non-hydrogen) atoms. The summed E-state index contributed by atoms with van der Waals surface area (Å²) in [6.45, 7) is 10.6. The van der Waals surface area contributed by atoms with Gasteiger partial charge in [-0.1, -0.05) is 26.2 Å². The first kappa shape index (κ1) is 34.6. The number of fused-ring (bicyclic) bond motifs is 1. The topological polar surface area (TPSA) is 120 Å². The molecule has 4 atom stereocenters. The molecule has 0 unspecified atom stereocenters. The Bertz CT molecular complexity index is 1060. The second-order valence-electron chi connectivity index (χ2n) is 12.8. The van der Waals surface area contributed by atoms with Crippen molar-refractivity contribution < 1.29 is 29.0 Å². The van der Waals surface area contributed by atoms with E-state index in [0.29, 0.717) is 36.7 Å². The van der Waals surface area contributed by atoms with Crippen molar-refractivity contribution in [2.75, 3.05) is 38.7 Å². The maximum atomic E-state index is 14.3. The summed E-state index contributed by atoms with van der Waals surface area (Å²) in [7, 11) is 1.75. The number of rotatable bonds is 7. The van der Waals surface area contributed by atoms with Crippen LogP contribution in [0.2, 0.25) is 0 Å². The van der Waals surface area contributed by atoms with Crippen molar-refractivity contribution in [1.29, 1.82) is 0 Å². The number of aliphatic hydroxyl groups is 1. The largest absolute Gasteiger partial charge is 0.490 e. The van der Waals surface area contributed by atoms with Gasteiger partial charge in [-0.25, -0.2) is 4.79 Å². The SMILES string of the molecule is CC(C)NC(=O)N(C)C[C@@H]1OCCCC[C@@H](C)Oc2ccc(NC(=O)C3CCCCC3)cc2C(=O)N([C@@H](C)CO)C[C@@H]1C. The number of hydrogen-bond donors (Lipinski definition) is 3. The van der Waals surface area contributed by atoms with Gasteiger partial charge in [-0.05, 0) is 78.0 Å². The van der Waals surface area contributed by atoms with Crippen LogP contribution in [0.5, 0.6) is 5.75 Å². The minimum Gasteiger partial charge on any atom is -0.490 e. The molecule has 2 aliphatic rings. The molecule has 4 amide bonds. The molecule has 1 aliphatic carbocycles. The van der Waals surface area contributed by atoms with Gasteiger partial charge in [0.2, 0.25) is 5.91 Å². The van der Waals surface area contributed by atoms with E-state index in [4.69, 9.17) is 9.47 Å². The molecule has 0 saturated heterocycles. The molecule has 10 heteroatoms. The summed E-state index contributed by atoms with van der Waals surface area (Å²) in [5, 5.41) is 16.1. The molecule has 1 fully saturated rings. The van der Waals surface area contributed by atoms with Gasteiger partial charge >= 0.3 is 6.03 Å². The highest BCUT2D eigenvalue weighted by atomic mass is 16.5. The minimum atomic E-state index is -0.476. The van der Waals surface area contributed by atoms with E-state index in [2.05, 4.69) is 10.6 Å². The molecule has 0 spiro atoms. The van der Waals surface area contributed by atoms with Crippen LogP contribution in [-0.4, -0.2) is 90.4 Å². The fourth-order valence-corrected chi connectivity index (χ4v) is 5.78. The van der Waals surface area contributed by atoms with Crippen molar-refractivity contribution in [1.82, 2.24) is 15.1 Å². The van der Waals surface area contributed by atoms with Crippen molar-refractivity contribution in [2.24, 2.45) is 11.8 Å². The van der Waals surface area contributed by atoms with Crippen LogP contribution in [0.15, 0.2) is 18.2 Å². The van der Waals surface area contributed by atoms with Crippen LogP contribution in [0, 0.1) is 11.8 Å². The number of benzene rings is 1. The van der Waals surface area contributed by atoms with E-state index in [1.54, 1.807) is 35.0 Å². The Morgan fingerprint density at radius 1 is 1.07 bits per heavy atom. The fraction of sp³-hybridized carbons (Fsp3) is 0.727. The van der Waals surface area contributed by atoms with Gasteiger partial charge in [0.05, 0.1) is 30.4 Å². The molecule has 1 aliphatic heterocycles. The van der Waals surface area contributed by atoms with E-state index in [0.717, 1.165) is 51.4 Å². The van der Waals surface area contributed by atoms with E-state index in [1.807, 2.05) is 34.6 Å². The number of anilines is 1. The van der Waals surface area contributed by atoms with E-state index in [9.17, 15) is 19.5 Å². The number of urea groups is 1. The zero-order valence-electron chi connectivity index (χ0n) is 27.1. The average molecular weight is 603 g/mol. The Kier molecular flexibility index (Phi) is 13.6. The standard InChI is InChI=1S/C33H54N4O6/c1-22(2)34-33(41)36(6)20-30-23(3)19-37(24(4)21-38)32(40)28-18-27(35-31(39)26-13-8-7-9-14-26)15-16-29(28)43-25(5)12-10-11-17-42-30/h15-16,18,22-26,30,38H,7-14,17,19-21H2,1-6H3,(H,34,41)(H,35,39)/t23-,24-,25+,30-/m0/s1. The van der Waals surface area contributed by atoms with Gasteiger partial charge in [-0.2, -0.15) is 0 Å². The van der Waals surface area contributed by atoms with Gasteiger partial charge in [0.25, 0.3) is 5.91 Å². The molecule has 3 rings (SSSR count). The van der Waals surface area contributed by atoms with E-state index in [-0.39, 0.29) is 54.5 Å². The number of hydrogen-bond acceptors (Lipinski definition) is 6. The van der Waals surface area contributed by atoms with Crippen LogP contribution in [0.3, 0.4) is 0 Å². The molecule has 0 radical (unpaired) electrons. The summed E-state index contributed by atoms with van der Waals surface area (Å²) in [6, 6.07) is 4.63. The molecular weight excluding hydrogens is 548 g/mol. The highest BCUT2D eigenvalue weighted by Crippen LogP contribution is 2.30. The second kappa shape index (κ2) is 16.9. The van der Waals surface area contributed by atoms with Crippen LogP contribution in [0.4, 0.5) is 10.5 Å². The highest BCUT2D eigenvalue weighted by molar-refractivity contribution is 6.00. The zero-order valence-corrected chi connectivity index (χ0v) is 27.1. The number of likely N-dealkylation sites (N-methyl/N-ethyl adjacent to an activating group) is 1. The minimum absolute atomic E-state index is 0.0115. The van der Waals surface area contributed by atoms with Gasteiger partial charge in [-0.3, -0.25) is 9.59 Å². The first-order chi connectivity index (χ1) is 20.5. The lowest BCUT2D eigenvalue weighted by molar-refractivity contribution is -0.120. The molecule has 3 N–H and O–H groups in total. The van der Waals surface area contributed by atoms with Crippen LogP contribution in [-0.2, 0) is 9.53 Å². The number of carbonyl (C=O) groups excluding carboxylic acids is 3. The van der Waals surface area contributed by atoms with Crippen molar-refractivity contribution in [3.05, 3.63) is 23.8 Å². The van der Waals surface area contributed by atoms with Gasteiger partial charge < -0.3 is 35.0 Å². The van der Waals surface area contributed by atoms with Crippen molar-refractivity contribution in [3.8, 4) is 5.75 Å². The molecule has 0 bridgehead atoms. The van der Waals surface area contributed by atoms with E-state index >= 15 is 0 Å². The Morgan fingerprint density at radius 3 is 2.44 bits per heavy atom. The monoisotopic (exact) mass is 602 g/mol. The fourth-order valence-electron chi connectivity index (χ4n) is 5.78. The maximum Gasteiger partial charge on any atom is 0.317 e. The predicted octanol–water partition coefficient (Wildman–Crippen LogP) is 5.05. The van der Waals surface area contributed by atoms with Crippen molar-refractivity contribution in [3.63, 3.8) is 0 Å². The Hall–Kier alpha value is -2.85. The lowest BCUT2D eigenvalue weighted by Gasteiger charge is -2.36. The van der Waals surface area contributed by atoms with Gasteiger partial charge in [0.15, 0.2) is 0 Å². The number of amides is 4. The molecule has 1 saturated carbocycles. The van der Waals surface area contributed by atoms with Crippen LogP contribution < -0.4 is 15.4 Å². The van der Waals surface area contributed by atoms with Gasteiger partial charge in [-0.15, -0.1) is 0 Å². The van der Waals surface area contributed by atoms with Crippen LogP contribution in [0.1, 0.15) is 96.3 Å². The lowest BCUT2D eigenvalue weighted by atomic mass is 9.88. The number of aliphatic hydroxyl groups excluding tert-OH is 1. The Balaban J connectivity index is 1.91. The predicted molar refractivity (Wildman–Crippen MR) is 168 cm³/mol. The molecule has 0 aromatic heterocycles. The summed E-state index contributed by atoms with van der Waals surface area (Å²) >= 11 is 0. The van der Waals surface area contributed by atoms with Gasteiger partial charge in [0, 0.05) is 50.3 Å². The lowest BCUT2D eigenvalue weighted by Crippen LogP contribution is -2.49. The Morgan fingerprint density at radius 2 is 1.77 bits per heavy atom. The molecule has 1 heterocycles. The smallest absolute Gasteiger partial charge is 0.317 e. The molecule has 1 aromatic carbocycles. The molecule has 1 aromatic rings. The third-order valence-electron chi connectivity index (χ3n) is 8.51. The number of carbonyl (C=O) groups is 3. The third kappa shape index (κ3) is 10.4. The summed E-state index contributed by atoms with van der Waals surface area (Å²) in [6.07, 6.45) is 7.10. The van der Waals surface area contributed by atoms with Crippen molar-refractivity contribution >= 4 is 23.5 Å². The first-order valence-electron chi connectivity index (χ1n) is 16.2. The average Bonchev–Trinajstić information content (AvgIpc) is 2.98. The van der Waals surface area contributed by atoms with Crippen LogP contribution >= 0.6 is 0 Å². The second-order valence-corrected chi connectivity index (χ2v) is 12.8. The summed E-state index contributed by atoms with van der Waals surface area (Å²) in [5.41, 5.74) is 0.910. The van der Waals surface area contributed by atoms with E-state index < -0.39 is 6.04 Å². The third-order valence-corrected chi connectivity index (χ3v) is 8.51. The summed E-state index contributed by atoms with van der Waals surface area (Å²) in [5.74, 6) is 0.00518. The number of nitrogens with zero attached hydrogens (tertiary/aromatic N) is 2. The Labute approximate surface area is 257 Å². The number of ether oxygens (including phenoxy) is 2. The number of nitrogens with one attached hydrogen (secondary N) is 2. The molecule has 242 valence electrons. The quantitative estimate of drug-likeness (QED) is 0.402. The normalized spacial score (nSPS) is 23.5. The maximum absolute atomic E-state index is 14.3. The van der Waals surface area contributed by atoms with Crippen molar-refractivity contribution in [2.45, 2.75) is 110 Å². The summed E-state index contributed by atoms with van der Waals surface area (Å²) < 4.78 is 12.6. The highest BCUT2D eigenvalue weighted by Gasteiger charge is 2.31. The van der Waals surface area contributed by atoms with Crippen LogP contribution in [0.25, 0.3) is 0 Å². The van der Waals surface area contributed by atoms with E-state index in [1.165, 1.54) is 0 Å². The molecule has 10 nitrogen and oxygen atoms in total. The first-order valence-corrected chi connectivity index (χ1v) is 16.2. The zero-order chi connectivity index (χ0) is 31.5. The van der Waals surface area contributed by atoms with Gasteiger partial charge in [0.1, 0.15) is 5.75 Å². The summed E-state index contributed by atoms with van der Waals surface area (Å²) in [4.78, 5) is 43.2. The molecular formula is C33H54N4O6.